The van der Waals surface area contributed by atoms with Crippen LogP contribution in [0.4, 0.5) is 5.69 Å². The van der Waals surface area contributed by atoms with Crippen LogP contribution in [0.2, 0.25) is 19.6 Å². The summed E-state index contributed by atoms with van der Waals surface area (Å²) in [6.45, 7) is 6.99. The van der Waals surface area contributed by atoms with Crippen LogP contribution in [0, 0.1) is 0 Å². The zero-order chi connectivity index (χ0) is 21.2. The van der Waals surface area contributed by atoms with Crippen LogP contribution in [-0.2, 0) is 5.60 Å². The van der Waals surface area contributed by atoms with Crippen molar-refractivity contribution in [2.75, 3.05) is 26.1 Å². The lowest BCUT2D eigenvalue weighted by Crippen LogP contribution is -2.38. The van der Waals surface area contributed by atoms with Gasteiger partial charge in [-0.15, -0.1) is 0 Å². The van der Waals surface area contributed by atoms with Crippen LogP contribution < -0.4 is 14.8 Å². The minimum Gasteiger partial charge on any atom is -0.497 e. The summed E-state index contributed by atoms with van der Waals surface area (Å²) in [7, 11) is 4.27. The van der Waals surface area contributed by atoms with E-state index in [-0.39, 0.29) is 0 Å². The van der Waals surface area contributed by atoms with Gasteiger partial charge in [-0.1, -0.05) is 73.4 Å². The fourth-order valence-corrected chi connectivity index (χ4v) is 4.71. The summed E-state index contributed by atoms with van der Waals surface area (Å²) in [5, 5.41) is 13.4. The normalized spacial score (nSPS) is 13.6. The lowest BCUT2D eigenvalue weighted by molar-refractivity contribution is 0.125. The highest BCUT2D eigenvalue weighted by Gasteiger charge is 2.34. The van der Waals surface area contributed by atoms with E-state index in [1.807, 2.05) is 62.6 Å². The van der Waals surface area contributed by atoms with Crippen LogP contribution in [0.1, 0.15) is 16.7 Å². The third-order valence-electron chi connectivity index (χ3n) is 5.48. The molecule has 0 heterocycles. The molecule has 0 saturated carbocycles. The van der Waals surface area contributed by atoms with E-state index in [1.165, 1.54) is 5.19 Å². The molecule has 1 atom stereocenters. The van der Waals surface area contributed by atoms with Crippen molar-refractivity contribution in [3.05, 3.63) is 89.5 Å². The van der Waals surface area contributed by atoms with Gasteiger partial charge < -0.3 is 14.7 Å². The van der Waals surface area contributed by atoms with Crippen molar-refractivity contribution < 1.29 is 9.84 Å². The lowest BCUT2D eigenvalue weighted by Gasteiger charge is -2.31. The molecule has 1 unspecified atom stereocenters. The van der Waals surface area contributed by atoms with Gasteiger partial charge >= 0.3 is 0 Å². The number of methoxy groups -OCH3 is 1. The third kappa shape index (κ3) is 4.24. The average Bonchev–Trinajstić information content (AvgIpc) is 2.73. The zero-order valence-electron chi connectivity index (χ0n) is 18.2. The maximum absolute atomic E-state index is 12.1. The number of rotatable bonds is 6. The van der Waals surface area contributed by atoms with Crippen LogP contribution >= 0.6 is 0 Å². The van der Waals surface area contributed by atoms with Crippen LogP contribution in [0.25, 0.3) is 0 Å². The van der Waals surface area contributed by atoms with E-state index in [1.54, 1.807) is 7.11 Å². The monoisotopic (exact) mass is 405 g/mol. The van der Waals surface area contributed by atoms with Gasteiger partial charge in [0, 0.05) is 19.8 Å². The molecule has 3 aromatic carbocycles. The molecule has 0 aliphatic heterocycles. The maximum Gasteiger partial charge on any atom is 0.140 e. The number of aliphatic hydroxyl groups is 1. The predicted octanol–water partition coefficient (Wildman–Crippen LogP) is 4.59. The topological polar surface area (TPSA) is 32.7 Å². The van der Waals surface area contributed by atoms with Crippen molar-refractivity contribution in [1.29, 1.82) is 0 Å². The van der Waals surface area contributed by atoms with Gasteiger partial charge in [-0.3, -0.25) is 0 Å². The standard InChI is InChI=1S/C25H31NO2Si/c1-26(2)22-13-7-19(8-14-22)25(27,20-9-15-23(28-3)16-10-20)21-11-17-24(18-12-21)29(4,5)6/h7-18,27H,1-6H3. The van der Waals surface area contributed by atoms with Crippen LogP contribution in [0.5, 0.6) is 5.75 Å². The molecule has 0 aliphatic rings. The first-order valence-electron chi connectivity index (χ1n) is 9.92. The molecule has 0 amide bonds. The van der Waals surface area contributed by atoms with Gasteiger partial charge in [0.25, 0.3) is 0 Å². The summed E-state index contributed by atoms with van der Waals surface area (Å²) in [6, 6.07) is 24.2. The minimum absolute atomic E-state index is 0.771. The van der Waals surface area contributed by atoms with Crippen molar-refractivity contribution in [3.8, 4) is 5.75 Å². The number of benzene rings is 3. The summed E-state index contributed by atoms with van der Waals surface area (Å²) in [6.07, 6.45) is 0. The van der Waals surface area contributed by atoms with E-state index in [0.717, 1.165) is 28.1 Å². The van der Waals surface area contributed by atoms with E-state index >= 15 is 0 Å². The second kappa shape index (κ2) is 8.05. The second-order valence-corrected chi connectivity index (χ2v) is 13.8. The van der Waals surface area contributed by atoms with E-state index in [4.69, 9.17) is 4.74 Å². The molecule has 1 N–H and O–H groups in total. The number of ether oxygens (including phenoxy) is 1. The van der Waals surface area contributed by atoms with Crippen molar-refractivity contribution >= 4 is 18.9 Å². The number of hydrogen-bond acceptors (Lipinski definition) is 3. The Labute approximate surface area is 175 Å². The Morgan fingerprint density at radius 2 is 1.14 bits per heavy atom. The van der Waals surface area contributed by atoms with Crippen molar-refractivity contribution in [2.45, 2.75) is 25.2 Å². The number of hydrogen-bond donors (Lipinski definition) is 1. The molecule has 3 rings (SSSR count). The molecule has 0 aliphatic carbocycles. The summed E-state index contributed by atoms with van der Waals surface area (Å²) >= 11 is 0. The minimum atomic E-state index is -1.41. The predicted molar refractivity (Wildman–Crippen MR) is 125 cm³/mol. The van der Waals surface area contributed by atoms with E-state index in [0.29, 0.717) is 0 Å². The van der Waals surface area contributed by atoms with Crippen molar-refractivity contribution in [2.24, 2.45) is 0 Å². The van der Waals surface area contributed by atoms with E-state index < -0.39 is 13.7 Å². The van der Waals surface area contributed by atoms with Crippen molar-refractivity contribution in [3.63, 3.8) is 0 Å². The van der Waals surface area contributed by atoms with Gasteiger partial charge in [0.15, 0.2) is 0 Å². The highest BCUT2D eigenvalue weighted by Crippen LogP contribution is 2.37. The Bertz CT molecular complexity index is 942. The molecule has 152 valence electrons. The molecule has 0 saturated heterocycles. The second-order valence-electron chi connectivity index (χ2n) is 8.71. The molecular formula is C25H31NO2Si. The largest absolute Gasteiger partial charge is 0.497 e. The average molecular weight is 406 g/mol. The van der Waals surface area contributed by atoms with Crippen LogP contribution in [0.3, 0.4) is 0 Å². The highest BCUT2D eigenvalue weighted by molar-refractivity contribution is 6.88. The fourth-order valence-electron chi connectivity index (χ4n) is 3.54. The van der Waals surface area contributed by atoms with E-state index in [9.17, 15) is 5.11 Å². The SMILES string of the molecule is COc1ccc(C(O)(c2ccc(N(C)C)cc2)c2ccc([Si](C)(C)C)cc2)cc1. The highest BCUT2D eigenvalue weighted by atomic mass is 28.3. The number of anilines is 1. The Morgan fingerprint density at radius 3 is 1.52 bits per heavy atom. The summed E-state index contributed by atoms with van der Waals surface area (Å²) in [5.74, 6) is 0.771. The molecule has 0 spiro atoms. The molecular weight excluding hydrogens is 374 g/mol. The molecule has 0 bridgehead atoms. The first-order chi connectivity index (χ1) is 13.7. The van der Waals surface area contributed by atoms with Crippen LogP contribution in [0.15, 0.2) is 72.8 Å². The van der Waals surface area contributed by atoms with Crippen molar-refractivity contribution in [1.82, 2.24) is 0 Å². The first kappa shape index (κ1) is 21.2. The van der Waals surface area contributed by atoms with Gasteiger partial charge in [-0.25, -0.2) is 0 Å². The van der Waals surface area contributed by atoms with Gasteiger partial charge in [0.1, 0.15) is 11.4 Å². The molecule has 0 fully saturated rings. The maximum atomic E-state index is 12.1. The zero-order valence-corrected chi connectivity index (χ0v) is 19.2. The molecule has 0 aromatic heterocycles. The fraction of sp³-hybridized carbons (Fsp3) is 0.280. The lowest BCUT2D eigenvalue weighted by atomic mass is 9.80. The van der Waals surface area contributed by atoms with Gasteiger partial charge in [-0.05, 0) is 41.0 Å². The Kier molecular flexibility index (Phi) is 5.87. The summed E-state index contributed by atoms with van der Waals surface area (Å²) in [4.78, 5) is 2.05. The molecule has 3 aromatic rings. The summed E-state index contributed by atoms with van der Waals surface area (Å²) < 4.78 is 5.31. The van der Waals surface area contributed by atoms with Gasteiger partial charge in [-0.2, -0.15) is 0 Å². The third-order valence-corrected chi connectivity index (χ3v) is 7.54. The van der Waals surface area contributed by atoms with Gasteiger partial charge in [0.05, 0.1) is 15.2 Å². The molecule has 4 heteroatoms. The molecule has 29 heavy (non-hydrogen) atoms. The van der Waals surface area contributed by atoms with Crippen LogP contribution in [-0.4, -0.2) is 34.4 Å². The smallest absolute Gasteiger partial charge is 0.140 e. The molecule has 0 radical (unpaired) electrons. The molecule has 3 nitrogen and oxygen atoms in total. The summed E-state index contributed by atoms with van der Waals surface area (Å²) in [5.41, 5.74) is 2.38. The quantitative estimate of drug-likeness (QED) is 0.481. The Hall–Kier alpha value is -2.56. The van der Waals surface area contributed by atoms with E-state index in [2.05, 4.69) is 48.8 Å². The number of nitrogens with zero attached hydrogens (tertiary/aromatic N) is 1. The Morgan fingerprint density at radius 1 is 0.724 bits per heavy atom. The first-order valence-corrected chi connectivity index (χ1v) is 13.4. The van der Waals surface area contributed by atoms with Gasteiger partial charge in [0.2, 0.25) is 0 Å². The Balaban J connectivity index is 2.15.